The largest absolute Gasteiger partial charge is 0.335 e. The van der Waals surface area contributed by atoms with Gasteiger partial charge in [-0.3, -0.25) is 9.59 Å². The van der Waals surface area contributed by atoms with Crippen molar-refractivity contribution in [2.75, 3.05) is 0 Å². The van der Waals surface area contributed by atoms with Crippen molar-refractivity contribution in [2.24, 2.45) is 0 Å². The Labute approximate surface area is 313 Å². The number of hydrogen-bond donors (Lipinski definition) is 1. The maximum Gasteiger partial charge on any atom is 0.335 e. The van der Waals surface area contributed by atoms with Crippen LogP contribution < -0.4 is 11.1 Å². The molecule has 0 saturated heterocycles. The zero-order chi connectivity index (χ0) is 38.0. The summed E-state index contributed by atoms with van der Waals surface area (Å²) in [5, 5.41) is 11.3. The summed E-state index contributed by atoms with van der Waals surface area (Å²) >= 11 is -1.50. The van der Waals surface area contributed by atoms with Crippen LogP contribution in [-0.4, -0.2) is 36.8 Å². The van der Waals surface area contributed by atoms with Crippen LogP contribution in [0.25, 0.3) is 44.5 Å². The van der Waals surface area contributed by atoms with Crippen molar-refractivity contribution in [3.8, 4) is 44.5 Å². The van der Waals surface area contributed by atoms with Crippen LogP contribution in [0.4, 0.5) is 0 Å². The fourth-order valence-corrected chi connectivity index (χ4v) is 5.77. The molecule has 0 atom stereocenters. The molecule has 0 amide bonds. The quantitative estimate of drug-likeness (QED) is 0.191. The molecule has 1 N–H and O–H groups in total. The van der Waals surface area contributed by atoms with E-state index < -0.39 is 23.1 Å². The Kier molecular flexibility index (Phi) is 15.1. The van der Waals surface area contributed by atoms with Gasteiger partial charge in [-0.05, 0) is 41.7 Å². The summed E-state index contributed by atoms with van der Waals surface area (Å²) in [6.07, 6.45) is 0. The molecule has 0 radical (unpaired) electrons. The molecule has 0 aliphatic heterocycles. The minimum absolute atomic E-state index is 0.0745. The first-order chi connectivity index (χ1) is 25.8. The number of aryl methyl sites for hydroxylation is 2. The van der Waals surface area contributed by atoms with Gasteiger partial charge in [-0.15, -0.1) is 0 Å². The highest BCUT2D eigenvalue weighted by Crippen LogP contribution is 2.32. The van der Waals surface area contributed by atoms with Gasteiger partial charge < -0.3 is 0 Å². The highest BCUT2D eigenvalue weighted by atomic mass is 32.1. The molecule has 0 fully saturated rings. The van der Waals surface area contributed by atoms with Crippen molar-refractivity contribution >= 4 is 23.1 Å². The molecule has 53 heavy (non-hydrogen) atoms. The summed E-state index contributed by atoms with van der Waals surface area (Å²) in [5.74, 6) is 0. The third-order valence-corrected chi connectivity index (χ3v) is 7.92. The zero-order valence-electron chi connectivity index (χ0n) is 28.7. The van der Waals surface area contributed by atoms with Gasteiger partial charge in [0.15, 0.2) is 0 Å². The molecule has 266 valence electrons. The maximum atomic E-state index is 13.4. The summed E-state index contributed by atoms with van der Waals surface area (Å²) in [6.45, 7) is 4.33. The molecule has 7 rings (SSSR count). The summed E-state index contributed by atoms with van der Waals surface area (Å²) < 4.78 is 34.7. The number of nitrogens with zero attached hydrogens (tertiary/aromatic N) is 3. The van der Waals surface area contributed by atoms with Crippen molar-refractivity contribution in [3.05, 3.63) is 189 Å². The second-order valence-electron chi connectivity index (χ2n) is 11.3. The van der Waals surface area contributed by atoms with Gasteiger partial charge >= 0.3 is 23.1 Å². The van der Waals surface area contributed by atoms with E-state index in [1.165, 1.54) is 0 Å². The number of nitrogens with one attached hydrogen (secondary N) is 1. The molecule has 5 aromatic carbocycles. The van der Waals surface area contributed by atoms with E-state index in [1.807, 2.05) is 166 Å². The number of rotatable bonds is 6. The third kappa shape index (κ3) is 10.5. The van der Waals surface area contributed by atoms with Crippen LogP contribution in [0.3, 0.4) is 0 Å². The Morgan fingerprint density at radius 3 is 1.25 bits per heavy atom. The Morgan fingerprint density at radius 1 is 0.491 bits per heavy atom. The van der Waals surface area contributed by atoms with Crippen molar-refractivity contribution in [3.63, 3.8) is 0 Å². The molecule has 0 aliphatic rings. The number of benzene rings is 5. The topological polar surface area (TPSA) is 149 Å². The normalized spacial score (nSPS) is 9.85. The SMILES string of the molecule is Cc1n[nH]c(=O)c(-c2ccccc2)c1-c1ccccc1.Cc1nn(Cc2ccccc2)c(=O)c(-c2ccccc2)c1-c1ccccc1.O=S=O.O=S=O. The highest BCUT2D eigenvalue weighted by molar-refractivity contribution is 7.51. The van der Waals surface area contributed by atoms with E-state index >= 15 is 0 Å². The minimum atomic E-state index is -0.750. The van der Waals surface area contributed by atoms with Gasteiger partial charge in [0.25, 0.3) is 11.1 Å². The summed E-state index contributed by atoms with van der Waals surface area (Å²) in [4.78, 5) is 25.7. The zero-order valence-corrected chi connectivity index (χ0v) is 30.4. The third-order valence-electron chi connectivity index (χ3n) is 7.92. The molecule has 0 saturated carbocycles. The first kappa shape index (κ1) is 39.3. The Bertz CT molecular complexity index is 2400. The lowest BCUT2D eigenvalue weighted by Crippen LogP contribution is -2.27. The molecular weight excluding hydrogens is 709 g/mol. The van der Waals surface area contributed by atoms with E-state index in [9.17, 15) is 9.59 Å². The molecule has 2 aromatic heterocycles. The van der Waals surface area contributed by atoms with Crippen LogP contribution in [0.15, 0.2) is 161 Å². The second kappa shape index (κ2) is 20.4. The Hall–Kier alpha value is -6.50. The van der Waals surface area contributed by atoms with Crippen LogP contribution >= 0.6 is 0 Å². The van der Waals surface area contributed by atoms with Crippen LogP contribution in [0.1, 0.15) is 17.0 Å². The van der Waals surface area contributed by atoms with E-state index in [0.717, 1.165) is 50.3 Å². The van der Waals surface area contributed by atoms with Gasteiger partial charge in [-0.2, -0.15) is 27.0 Å². The minimum Gasteiger partial charge on any atom is -0.267 e. The summed E-state index contributed by atoms with van der Waals surface area (Å²) in [5.41, 5.74) is 9.45. The molecule has 0 unspecified atom stereocenters. The van der Waals surface area contributed by atoms with Crippen molar-refractivity contribution < 1.29 is 16.8 Å². The fourth-order valence-electron chi connectivity index (χ4n) is 5.77. The molecule has 12 heteroatoms. The standard InChI is InChI=1S/C24H20N2O.C17H14N2O.2O2S/c1-18-22(20-13-7-3-8-14-20)23(21-15-9-4-10-16-21)24(27)26(25-18)17-19-11-5-2-6-12-19;1-12-15(13-8-4-2-5-9-13)16(17(20)19-18-12)14-10-6-3-7-11-14;2*1-3-2/h2-16H,17H2,1H3;2-11H,1H3,(H,19,20);;. The second-order valence-corrected chi connectivity index (χ2v) is 11.5. The van der Waals surface area contributed by atoms with Crippen molar-refractivity contribution in [2.45, 2.75) is 20.4 Å². The fraction of sp³-hybridized carbons (Fsp3) is 0.0732. The van der Waals surface area contributed by atoms with Crippen molar-refractivity contribution in [1.82, 2.24) is 20.0 Å². The van der Waals surface area contributed by atoms with Gasteiger partial charge in [-0.25, -0.2) is 9.78 Å². The van der Waals surface area contributed by atoms with E-state index in [4.69, 9.17) is 16.8 Å². The lowest BCUT2D eigenvalue weighted by molar-refractivity contribution is 0.628. The average molecular weight is 743 g/mol. The van der Waals surface area contributed by atoms with Crippen LogP contribution in [-0.2, 0) is 29.7 Å². The predicted molar refractivity (Wildman–Crippen MR) is 208 cm³/mol. The van der Waals surface area contributed by atoms with Gasteiger partial charge in [0.1, 0.15) is 0 Å². The molecular formula is C41H34N4O6S2. The predicted octanol–water partition coefficient (Wildman–Crippen LogP) is 7.01. The summed E-state index contributed by atoms with van der Waals surface area (Å²) in [6, 6.07) is 49.3. The van der Waals surface area contributed by atoms with Crippen LogP contribution in [0.5, 0.6) is 0 Å². The lowest BCUT2D eigenvalue weighted by atomic mass is 9.95. The van der Waals surface area contributed by atoms with Gasteiger partial charge in [0.05, 0.1) is 29.1 Å². The number of H-pyrrole nitrogens is 1. The average Bonchev–Trinajstić information content (AvgIpc) is 3.19. The monoisotopic (exact) mass is 742 g/mol. The van der Waals surface area contributed by atoms with E-state index in [0.29, 0.717) is 17.7 Å². The van der Waals surface area contributed by atoms with Gasteiger partial charge in [0, 0.05) is 11.1 Å². The Morgan fingerprint density at radius 2 is 0.830 bits per heavy atom. The molecule has 2 heterocycles. The first-order valence-electron chi connectivity index (χ1n) is 16.1. The molecule has 0 spiro atoms. The molecule has 0 bridgehead atoms. The van der Waals surface area contributed by atoms with E-state index in [-0.39, 0.29) is 11.1 Å². The Balaban J connectivity index is 0.000000213. The van der Waals surface area contributed by atoms with Crippen LogP contribution in [0.2, 0.25) is 0 Å². The molecule has 7 aromatic rings. The smallest absolute Gasteiger partial charge is 0.267 e. The maximum absolute atomic E-state index is 13.4. The van der Waals surface area contributed by atoms with E-state index in [1.54, 1.807) is 4.68 Å². The van der Waals surface area contributed by atoms with Gasteiger partial charge in [0.2, 0.25) is 0 Å². The first-order valence-corrected chi connectivity index (χ1v) is 17.5. The van der Waals surface area contributed by atoms with E-state index in [2.05, 4.69) is 15.3 Å². The summed E-state index contributed by atoms with van der Waals surface area (Å²) in [7, 11) is 0. The number of hydrogen-bond acceptors (Lipinski definition) is 8. The van der Waals surface area contributed by atoms with Crippen molar-refractivity contribution in [1.29, 1.82) is 0 Å². The molecule has 0 aliphatic carbocycles. The lowest BCUT2D eigenvalue weighted by Gasteiger charge is -2.16. The van der Waals surface area contributed by atoms with Gasteiger partial charge in [-0.1, -0.05) is 152 Å². The highest BCUT2D eigenvalue weighted by Gasteiger charge is 2.18. The number of aromatic nitrogens is 4. The molecule has 10 nitrogen and oxygen atoms in total. The number of aromatic amines is 1. The van der Waals surface area contributed by atoms with Crippen LogP contribution in [0, 0.1) is 13.8 Å².